The highest BCUT2D eigenvalue weighted by molar-refractivity contribution is 6.34. The first kappa shape index (κ1) is 21.6. The summed E-state index contributed by atoms with van der Waals surface area (Å²) < 4.78 is 60.8. The Morgan fingerprint density at radius 3 is 2.56 bits per heavy atom. The Morgan fingerprint density at radius 1 is 1.16 bits per heavy atom. The van der Waals surface area contributed by atoms with Crippen LogP contribution in [0.5, 0.6) is 5.75 Å². The quantitative estimate of drug-likeness (QED) is 0.405. The Labute approximate surface area is 183 Å². The van der Waals surface area contributed by atoms with E-state index in [0.29, 0.717) is 5.75 Å². The van der Waals surface area contributed by atoms with E-state index < -0.39 is 23.7 Å². The van der Waals surface area contributed by atoms with Crippen molar-refractivity contribution in [2.75, 3.05) is 12.4 Å². The molecule has 32 heavy (non-hydrogen) atoms. The molecule has 0 radical (unpaired) electrons. The summed E-state index contributed by atoms with van der Waals surface area (Å²) in [7, 11) is 1.40. The monoisotopic (exact) mass is 464 g/mol. The van der Waals surface area contributed by atoms with Crippen LogP contribution in [0.15, 0.2) is 54.7 Å². The number of benzene rings is 2. The topological polar surface area (TPSA) is 69.0 Å². The van der Waals surface area contributed by atoms with E-state index >= 15 is 0 Å². The number of imidazole rings is 1. The molecule has 0 atom stereocenters. The second-order valence-electron chi connectivity index (χ2n) is 6.58. The maximum atomic E-state index is 13.9. The Morgan fingerprint density at radius 2 is 1.94 bits per heavy atom. The standard InChI is InChI=1S/C21H13ClF4N4O2/c1-32-12-6-7-16-15(9-12)28-20(21(24,25)26)30(16)11-5-8-17(27-10-11)29-19(31)18-13(22)3-2-4-14(18)23/h2-10H,1H3,(H,27,29,31). The van der Waals surface area contributed by atoms with Crippen LogP contribution in [0.1, 0.15) is 16.2 Å². The minimum absolute atomic E-state index is 0.00211. The lowest BCUT2D eigenvalue weighted by atomic mass is 10.2. The highest BCUT2D eigenvalue weighted by Gasteiger charge is 2.38. The summed E-state index contributed by atoms with van der Waals surface area (Å²) in [6, 6.07) is 10.8. The number of nitrogens with zero attached hydrogens (tertiary/aromatic N) is 3. The molecule has 2 aromatic heterocycles. The molecule has 2 heterocycles. The van der Waals surface area contributed by atoms with Crippen molar-refractivity contribution in [3.63, 3.8) is 0 Å². The zero-order chi connectivity index (χ0) is 23.0. The molecular formula is C21H13ClF4N4O2. The molecule has 0 fully saturated rings. The van der Waals surface area contributed by atoms with E-state index in [-0.39, 0.29) is 33.1 Å². The van der Waals surface area contributed by atoms with Crippen molar-refractivity contribution in [3.8, 4) is 11.4 Å². The summed E-state index contributed by atoms with van der Waals surface area (Å²) in [5.74, 6) is -2.44. The first-order chi connectivity index (χ1) is 15.2. The number of methoxy groups -OCH3 is 1. The van der Waals surface area contributed by atoms with Crippen LogP contribution in [0, 0.1) is 5.82 Å². The fraction of sp³-hybridized carbons (Fsp3) is 0.0952. The predicted molar refractivity (Wildman–Crippen MR) is 110 cm³/mol. The van der Waals surface area contributed by atoms with E-state index in [1.165, 1.54) is 49.6 Å². The number of aromatic nitrogens is 3. The molecule has 0 saturated heterocycles. The smallest absolute Gasteiger partial charge is 0.450 e. The van der Waals surface area contributed by atoms with Gasteiger partial charge in [-0.15, -0.1) is 0 Å². The van der Waals surface area contributed by atoms with E-state index in [4.69, 9.17) is 16.3 Å². The second kappa shape index (κ2) is 8.12. The number of halogens is 5. The SMILES string of the molecule is COc1ccc2c(c1)nc(C(F)(F)F)n2-c1ccc(NC(=O)c2c(F)cccc2Cl)nc1. The molecular weight excluding hydrogens is 452 g/mol. The number of hydrogen-bond acceptors (Lipinski definition) is 4. The maximum absolute atomic E-state index is 13.9. The van der Waals surface area contributed by atoms with Crippen molar-refractivity contribution < 1.29 is 27.1 Å². The third-order valence-corrected chi connectivity index (χ3v) is 4.87. The predicted octanol–water partition coefficient (Wildman–Crippen LogP) is 5.49. The minimum atomic E-state index is -4.74. The number of carbonyl (C=O) groups excluding carboxylic acids is 1. The summed E-state index contributed by atoms with van der Waals surface area (Å²) >= 11 is 5.87. The first-order valence-corrected chi connectivity index (χ1v) is 9.42. The van der Waals surface area contributed by atoms with Gasteiger partial charge in [-0.25, -0.2) is 14.4 Å². The van der Waals surface area contributed by atoms with Gasteiger partial charge in [0.2, 0.25) is 5.82 Å². The summed E-state index contributed by atoms with van der Waals surface area (Å²) in [6.07, 6.45) is -3.60. The van der Waals surface area contributed by atoms with Crippen molar-refractivity contribution >= 4 is 34.4 Å². The van der Waals surface area contributed by atoms with Crippen LogP contribution in [0.4, 0.5) is 23.4 Å². The van der Waals surface area contributed by atoms with Gasteiger partial charge in [0.1, 0.15) is 17.4 Å². The first-order valence-electron chi connectivity index (χ1n) is 9.04. The summed E-state index contributed by atoms with van der Waals surface area (Å²) in [6.45, 7) is 0. The van der Waals surface area contributed by atoms with E-state index in [2.05, 4.69) is 15.3 Å². The van der Waals surface area contributed by atoms with E-state index in [0.717, 1.165) is 16.8 Å². The van der Waals surface area contributed by atoms with Crippen LogP contribution in [-0.4, -0.2) is 27.6 Å². The number of anilines is 1. The number of alkyl halides is 3. The average molecular weight is 465 g/mol. The highest BCUT2D eigenvalue weighted by atomic mass is 35.5. The number of hydrogen-bond donors (Lipinski definition) is 1. The van der Waals surface area contributed by atoms with E-state index in [1.54, 1.807) is 0 Å². The van der Waals surface area contributed by atoms with Gasteiger partial charge in [-0.1, -0.05) is 17.7 Å². The molecule has 0 bridgehead atoms. The van der Waals surface area contributed by atoms with Gasteiger partial charge < -0.3 is 10.1 Å². The molecule has 2 aromatic carbocycles. The van der Waals surface area contributed by atoms with E-state index in [9.17, 15) is 22.4 Å². The van der Waals surface area contributed by atoms with Gasteiger partial charge in [0.25, 0.3) is 5.91 Å². The number of rotatable bonds is 4. The molecule has 6 nitrogen and oxygen atoms in total. The molecule has 0 aliphatic heterocycles. The van der Waals surface area contributed by atoms with Gasteiger partial charge in [-0.05, 0) is 36.4 Å². The number of fused-ring (bicyclic) bond motifs is 1. The van der Waals surface area contributed by atoms with Gasteiger partial charge in [0.15, 0.2) is 0 Å². The van der Waals surface area contributed by atoms with Crippen molar-refractivity contribution in [1.82, 2.24) is 14.5 Å². The lowest BCUT2D eigenvalue weighted by Gasteiger charge is -2.12. The molecule has 0 unspecified atom stereocenters. The second-order valence-corrected chi connectivity index (χ2v) is 6.98. The van der Waals surface area contributed by atoms with Crippen molar-refractivity contribution in [1.29, 1.82) is 0 Å². The molecule has 0 aliphatic carbocycles. The molecule has 0 aliphatic rings. The van der Waals surface area contributed by atoms with Crippen molar-refractivity contribution in [2.24, 2.45) is 0 Å². The number of pyridine rings is 1. The number of carbonyl (C=O) groups is 1. The summed E-state index contributed by atoms with van der Waals surface area (Å²) in [5.41, 5.74) is -0.0287. The zero-order valence-electron chi connectivity index (χ0n) is 16.2. The lowest BCUT2D eigenvalue weighted by molar-refractivity contribution is -0.145. The third-order valence-electron chi connectivity index (χ3n) is 4.55. The highest BCUT2D eigenvalue weighted by Crippen LogP contribution is 2.35. The van der Waals surface area contributed by atoms with Crippen LogP contribution < -0.4 is 10.1 Å². The van der Waals surface area contributed by atoms with Crippen LogP contribution in [-0.2, 0) is 6.18 Å². The zero-order valence-corrected chi connectivity index (χ0v) is 17.0. The molecule has 1 N–H and O–H groups in total. The third kappa shape index (κ3) is 3.96. The largest absolute Gasteiger partial charge is 0.497 e. The van der Waals surface area contributed by atoms with Gasteiger partial charge in [0, 0.05) is 6.07 Å². The Hall–Kier alpha value is -3.66. The van der Waals surface area contributed by atoms with Gasteiger partial charge in [-0.3, -0.25) is 9.36 Å². The molecule has 0 spiro atoms. The van der Waals surface area contributed by atoms with E-state index in [1.807, 2.05) is 0 Å². The summed E-state index contributed by atoms with van der Waals surface area (Å²) in [5, 5.41) is 2.28. The minimum Gasteiger partial charge on any atom is -0.497 e. The fourth-order valence-corrected chi connectivity index (χ4v) is 3.37. The normalized spacial score (nSPS) is 11.6. The maximum Gasteiger partial charge on any atom is 0.450 e. The molecule has 0 saturated carbocycles. The van der Waals surface area contributed by atoms with Gasteiger partial charge in [-0.2, -0.15) is 13.2 Å². The van der Waals surface area contributed by atoms with Gasteiger partial charge >= 0.3 is 6.18 Å². The molecule has 4 rings (SSSR count). The molecule has 1 amide bonds. The van der Waals surface area contributed by atoms with Gasteiger partial charge in [0.05, 0.1) is 40.6 Å². The van der Waals surface area contributed by atoms with Crippen LogP contribution >= 0.6 is 11.6 Å². The van der Waals surface area contributed by atoms with Crippen LogP contribution in [0.25, 0.3) is 16.7 Å². The number of nitrogens with one attached hydrogen (secondary N) is 1. The Kier molecular flexibility index (Phi) is 5.47. The fourth-order valence-electron chi connectivity index (χ4n) is 3.12. The Balaban J connectivity index is 1.71. The molecule has 164 valence electrons. The number of ether oxygens (including phenoxy) is 1. The average Bonchev–Trinajstić information content (AvgIpc) is 3.13. The van der Waals surface area contributed by atoms with Crippen molar-refractivity contribution in [2.45, 2.75) is 6.18 Å². The summed E-state index contributed by atoms with van der Waals surface area (Å²) in [4.78, 5) is 20.0. The Bertz CT molecular complexity index is 1300. The number of amides is 1. The molecule has 4 aromatic rings. The van der Waals surface area contributed by atoms with Crippen LogP contribution in [0.2, 0.25) is 5.02 Å². The lowest BCUT2D eigenvalue weighted by Crippen LogP contribution is -2.16. The van der Waals surface area contributed by atoms with Crippen LogP contribution in [0.3, 0.4) is 0 Å². The van der Waals surface area contributed by atoms with Crippen molar-refractivity contribution in [3.05, 3.63) is 77.0 Å². The molecule has 11 heteroatoms.